The van der Waals surface area contributed by atoms with Gasteiger partial charge in [-0.25, -0.2) is 4.98 Å². The number of amides is 1. The van der Waals surface area contributed by atoms with E-state index in [1.807, 2.05) is 32.0 Å². The van der Waals surface area contributed by atoms with E-state index in [0.29, 0.717) is 6.54 Å². The first-order valence-corrected chi connectivity index (χ1v) is 7.61. The predicted molar refractivity (Wildman–Crippen MR) is 82.9 cm³/mol. The number of carbonyl (C=O) groups excluding carboxylic acids is 1. The molecule has 0 radical (unpaired) electrons. The molecule has 5 nitrogen and oxygen atoms in total. The second kappa shape index (κ2) is 5.85. The van der Waals surface area contributed by atoms with E-state index in [1.54, 1.807) is 0 Å². The number of H-pyrrole nitrogens is 1. The summed E-state index contributed by atoms with van der Waals surface area (Å²) in [5.41, 5.74) is 3.15. The van der Waals surface area contributed by atoms with Crippen molar-refractivity contribution in [1.29, 1.82) is 0 Å². The second-order valence-corrected chi connectivity index (χ2v) is 5.79. The highest BCUT2D eigenvalue weighted by molar-refractivity contribution is 5.81. The zero-order valence-electron chi connectivity index (χ0n) is 12.6. The van der Waals surface area contributed by atoms with E-state index in [1.165, 1.54) is 12.8 Å². The van der Waals surface area contributed by atoms with Crippen LogP contribution in [0.5, 0.6) is 0 Å². The molecular formula is C16H22N4O. The summed E-state index contributed by atoms with van der Waals surface area (Å²) in [6.45, 7) is 6.52. The quantitative estimate of drug-likeness (QED) is 0.903. The average Bonchev–Trinajstić information content (AvgIpc) is 3.13. The molecule has 1 aromatic carbocycles. The summed E-state index contributed by atoms with van der Waals surface area (Å²) in [6, 6.07) is 6.00. The third-order valence-electron chi connectivity index (χ3n) is 4.26. The average molecular weight is 286 g/mol. The molecule has 1 atom stereocenters. The summed E-state index contributed by atoms with van der Waals surface area (Å²) in [7, 11) is 0. The van der Waals surface area contributed by atoms with Crippen molar-refractivity contribution >= 4 is 16.9 Å². The van der Waals surface area contributed by atoms with Gasteiger partial charge in [0.2, 0.25) is 5.91 Å². The summed E-state index contributed by atoms with van der Waals surface area (Å²) in [6.07, 6.45) is 2.39. The number of aromatic amines is 1. The Balaban J connectivity index is 1.63. The van der Waals surface area contributed by atoms with Gasteiger partial charge in [-0.05, 0) is 51.4 Å². The third-order valence-corrected chi connectivity index (χ3v) is 4.26. The molecule has 0 saturated carbocycles. The first-order valence-electron chi connectivity index (χ1n) is 7.61. The standard InChI is InChI=1S/C16H22N4O/c1-11-6-5-7-13-15(11)19-14(18-13)10-17-16(21)12(2)20-8-3-4-9-20/h5-7,12H,3-4,8-10H2,1-2H3,(H,17,21)(H,18,19)/t12-/m0/s1. The Hall–Kier alpha value is -1.88. The molecule has 1 aliphatic rings. The topological polar surface area (TPSA) is 61.0 Å². The van der Waals surface area contributed by atoms with Gasteiger partial charge in [0.15, 0.2) is 0 Å². The van der Waals surface area contributed by atoms with Gasteiger partial charge in [0.05, 0.1) is 23.6 Å². The molecule has 1 aromatic heterocycles. The van der Waals surface area contributed by atoms with Crippen molar-refractivity contribution in [3.8, 4) is 0 Å². The molecule has 0 spiro atoms. The van der Waals surface area contributed by atoms with E-state index in [9.17, 15) is 4.79 Å². The first-order chi connectivity index (χ1) is 10.1. The Labute approximate surface area is 124 Å². The fourth-order valence-electron chi connectivity index (χ4n) is 2.92. The Morgan fingerprint density at radius 1 is 1.43 bits per heavy atom. The van der Waals surface area contributed by atoms with E-state index in [4.69, 9.17) is 0 Å². The highest BCUT2D eigenvalue weighted by Gasteiger charge is 2.23. The molecule has 2 aromatic rings. The van der Waals surface area contributed by atoms with Gasteiger partial charge in [-0.1, -0.05) is 12.1 Å². The number of rotatable bonds is 4. The van der Waals surface area contributed by atoms with Crippen molar-refractivity contribution in [3.63, 3.8) is 0 Å². The van der Waals surface area contributed by atoms with Crippen LogP contribution in [0.1, 0.15) is 31.2 Å². The minimum atomic E-state index is -0.0568. The predicted octanol–water partition coefficient (Wildman–Crippen LogP) is 1.97. The third kappa shape index (κ3) is 2.93. The van der Waals surface area contributed by atoms with Crippen LogP contribution in [0, 0.1) is 6.92 Å². The lowest BCUT2D eigenvalue weighted by Crippen LogP contribution is -2.43. The minimum absolute atomic E-state index is 0.0568. The normalized spacial score (nSPS) is 17.2. The number of hydrogen-bond acceptors (Lipinski definition) is 3. The van der Waals surface area contributed by atoms with Crippen LogP contribution < -0.4 is 5.32 Å². The molecule has 1 aliphatic heterocycles. The van der Waals surface area contributed by atoms with Crippen LogP contribution in [-0.4, -0.2) is 39.9 Å². The summed E-state index contributed by atoms with van der Waals surface area (Å²) >= 11 is 0. The Morgan fingerprint density at radius 3 is 2.90 bits per heavy atom. The van der Waals surface area contributed by atoms with Crippen molar-refractivity contribution < 1.29 is 4.79 Å². The van der Waals surface area contributed by atoms with Crippen LogP contribution in [0.3, 0.4) is 0 Å². The molecule has 2 heterocycles. The van der Waals surface area contributed by atoms with Gasteiger partial charge in [-0.3, -0.25) is 9.69 Å². The van der Waals surface area contributed by atoms with Gasteiger partial charge in [-0.15, -0.1) is 0 Å². The lowest BCUT2D eigenvalue weighted by Gasteiger charge is -2.22. The van der Waals surface area contributed by atoms with Crippen LogP contribution in [0.25, 0.3) is 11.0 Å². The molecule has 2 N–H and O–H groups in total. The van der Waals surface area contributed by atoms with Gasteiger partial charge in [0.25, 0.3) is 0 Å². The fourth-order valence-corrected chi connectivity index (χ4v) is 2.92. The monoisotopic (exact) mass is 286 g/mol. The van der Waals surface area contributed by atoms with Crippen LogP contribution in [-0.2, 0) is 11.3 Å². The highest BCUT2D eigenvalue weighted by atomic mass is 16.2. The number of aryl methyl sites for hydroxylation is 1. The number of nitrogens with zero attached hydrogens (tertiary/aromatic N) is 2. The van der Waals surface area contributed by atoms with Crippen LogP contribution >= 0.6 is 0 Å². The van der Waals surface area contributed by atoms with Gasteiger partial charge in [-0.2, -0.15) is 0 Å². The molecule has 21 heavy (non-hydrogen) atoms. The lowest BCUT2D eigenvalue weighted by molar-refractivity contribution is -0.125. The molecule has 112 valence electrons. The van der Waals surface area contributed by atoms with Crippen LogP contribution in [0.2, 0.25) is 0 Å². The first kappa shape index (κ1) is 14.1. The van der Waals surface area contributed by atoms with Gasteiger partial charge in [0, 0.05) is 0 Å². The van der Waals surface area contributed by atoms with E-state index < -0.39 is 0 Å². The van der Waals surface area contributed by atoms with E-state index >= 15 is 0 Å². The van der Waals surface area contributed by atoms with Crippen LogP contribution in [0.4, 0.5) is 0 Å². The zero-order chi connectivity index (χ0) is 14.8. The molecule has 1 amide bonds. The molecule has 1 saturated heterocycles. The minimum Gasteiger partial charge on any atom is -0.348 e. The molecule has 5 heteroatoms. The molecule has 0 bridgehead atoms. The van der Waals surface area contributed by atoms with E-state index in [0.717, 1.165) is 35.5 Å². The van der Waals surface area contributed by atoms with Gasteiger partial charge < -0.3 is 10.3 Å². The van der Waals surface area contributed by atoms with Crippen molar-refractivity contribution in [2.75, 3.05) is 13.1 Å². The molecule has 3 rings (SSSR count). The number of para-hydroxylation sites is 1. The van der Waals surface area contributed by atoms with E-state index in [-0.39, 0.29) is 11.9 Å². The van der Waals surface area contributed by atoms with E-state index in [2.05, 4.69) is 20.2 Å². The number of benzene rings is 1. The largest absolute Gasteiger partial charge is 0.348 e. The van der Waals surface area contributed by atoms with Crippen molar-refractivity contribution in [3.05, 3.63) is 29.6 Å². The maximum Gasteiger partial charge on any atom is 0.237 e. The van der Waals surface area contributed by atoms with Gasteiger partial charge in [0.1, 0.15) is 5.82 Å². The smallest absolute Gasteiger partial charge is 0.237 e. The molecule has 0 aliphatic carbocycles. The molecule has 1 fully saturated rings. The molecule has 0 unspecified atom stereocenters. The summed E-state index contributed by atoms with van der Waals surface area (Å²) in [5, 5.41) is 2.98. The maximum absolute atomic E-state index is 12.2. The molecular weight excluding hydrogens is 264 g/mol. The summed E-state index contributed by atoms with van der Waals surface area (Å²) in [5.74, 6) is 0.885. The highest BCUT2D eigenvalue weighted by Crippen LogP contribution is 2.15. The van der Waals surface area contributed by atoms with Crippen LogP contribution in [0.15, 0.2) is 18.2 Å². The number of imidazole rings is 1. The Morgan fingerprint density at radius 2 is 2.19 bits per heavy atom. The number of likely N-dealkylation sites (tertiary alicyclic amines) is 1. The maximum atomic E-state index is 12.2. The van der Waals surface area contributed by atoms with Crippen molar-refractivity contribution in [1.82, 2.24) is 20.2 Å². The second-order valence-electron chi connectivity index (χ2n) is 5.79. The van der Waals surface area contributed by atoms with Gasteiger partial charge >= 0.3 is 0 Å². The lowest BCUT2D eigenvalue weighted by atomic mass is 10.2. The number of nitrogens with one attached hydrogen (secondary N) is 2. The fraction of sp³-hybridized carbons (Fsp3) is 0.500. The SMILES string of the molecule is Cc1cccc2[nH]c(CNC(=O)[C@H](C)N3CCCC3)nc12. The summed E-state index contributed by atoms with van der Waals surface area (Å²) < 4.78 is 0. The Kier molecular flexibility index (Phi) is 3.92. The Bertz CT molecular complexity index is 643. The number of fused-ring (bicyclic) bond motifs is 1. The number of hydrogen-bond donors (Lipinski definition) is 2. The summed E-state index contributed by atoms with van der Waals surface area (Å²) in [4.78, 5) is 22.2. The van der Waals surface area contributed by atoms with Crippen molar-refractivity contribution in [2.45, 2.75) is 39.3 Å². The zero-order valence-corrected chi connectivity index (χ0v) is 12.6. The van der Waals surface area contributed by atoms with Crippen molar-refractivity contribution in [2.24, 2.45) is 0 Å². The number of aromatic nitrogens is 2. The number of carbonyl (C=O) groups is 1.